The van der Waals surface area contributed by atoms with Crippen LogP contribution in [0.5, 0.6) is 0 Å². The third-order valence-corrected chi connectivity index (χ3v) is 9.79. The van der Waals surface area contributed by atoms with Crippen molar-refractivity contribution >= 4 is 41.0 Å². The highest BCUT2D eigenvalue weighted by Crippen LogP contribution is 2.34. The second-order valence-electron chi connectivity index (χ2n) is 11.9. The summed E-state index contributed by atoms with van der Waals surface area (Å²) in [5.41, 5.74) is 8.48. The summed E-state index contributed by atoms with van der Waals surface area (Å²) in [5.74, 6) is -0.693. The fourth-order valence-electron chi connectivity index (χ4n) is 6.85. The van der Waals surface area contributed by atoms with E-state index in [0.29, 0.717) is 49.1 Å². The molecule has 2 aromatic rings. The number of hydrogen-bond donors (Lipinski definition) is 1. The standard InChI is InChI=1S/C33H42Cl2N4O5/c1-2-44-31(40)13-12-28(32(41)38-16-17-43-21-30(38)23-9-11-26(34)27(35)18-23)37-15-14-25(10-8-22-6-4-3-5-7-22)39-20-24(36)19-29(39)33(37)42/h3-7,9,11,18,24-25,28-30H,2,8,10,12-17,19-21,36H2,1H3/t24-,25?,28-,29+,30+/m1/s1. The summed E-state index contributed by atoms with van der Waals surface area (Å²) >= 11 is 12.5. The van der Waals surface area contributed by atoms with Crippen molar-refractivity contribution in [2.75, 3.05) is 39.5 Å². The van der Waals surface area contributed by atoms with E-state index in [0.717, 1.165) is 18.4 Å². The zero-order valence-electron chi connectivity index (χ0n) is 25.2. The number of morpholine rings is 1. The van der Waals surface area contributed by atoms with E-state index in [1.54, 1.807) is 28.9 Å². The largest absolute Gasteiger partial charge is 0.466 e. The molecule has 2 aromatic carbocycles. The highest BCUT2D eigenvalue weighted by Gasteiger charge is 2.47. The van der Waals surface area contributed by atoms with E-state index >= 15 is 0 Å². The molecule has 3 heterocycles. The third kappa shape index (κ3) is 7.57. The van der Waals surface area contributed by atoms with Gasteiger partial charge < -0.3 is 25.0 Å². The molecule has 3 aliphatic rings. The molecule has 2 N–H and O–H groups in total. The Bertz CT molecular complexity index is 1310. The predicted molar refractivity (Wildman–Crippen MR) is 169 cm³/mol. The summed E-state index contributed by atoms with van der Waals surface area (Å²) in [6.07, 6.45) is 3.23. The van der Waals surface area contributed by atoms with Gasteiger partial charge in [0.25, 0.3) is 0 Å². The zero-order valence-corrected chi connectivity index (χ0v) is 26.7. The van der Waals surface area contributed by atoms with Crippen molar-refractivity contribution in [3.63, 3.8) is 0 Å². The molecule has 0 spiro atoms. The summed E-state index contributed by atoms with van der Waals surface area (Å²) in [6.45, 7) is 4.07. The molecule has 0 aromatic heterocycles. The van der Waals surface area contributed by atoms with Gasteiger partial charge in [0.05, 0.1) is 41.9 Å². The minimum absolute atomic E-state index is 0.0289. The second-order valence-corrected chi connectivity index (χ2v) is 12.7. The van der Waals surface area contributed by atoms with Gasteiger partial charge in [-0.25, -0.2) is 0 Å². The molecule has 0 radical (unpaired) electrons. The lowest BCUT2D eigenvalue weighted by atomic mass is 10.00. The van der Waals surface area contributed by atoms with Gasteiger partial charge in [0.15, 0.2) is 0 Å². The molecule has 0 saturated carbocycles. The highest BCUT2D eigenvalue weighted by molar-refractivity contribution is 6.42. The maximum Gasteiger partial charge on any atom is 0.305 e. The number of amides is 2. The fraction of sp³-hybridized carbons (Fsp3) is 0.545. The lowest BCUT2D eigenvalue weighted by molar-refractivity contribution is -0.154. The average Bonchev–Trinajstić information content (AvgIpc) is 3.37. The van der Waals surface area contributed by atoms with Crippen molar-refractivity contribution in [1.29, 1.82) is 0 Å². The molecule has 0 aliphatic carbocycles. The Balaban J connectivity index is 1.42. The summed E-state index contributed by atoms with van der Waals surface area (Å²) in [7, 11) is 0. The molecule has 5 atom stereocenters. The number of benzene rings is 2. The van der Waals surface area contributed by atoms with Crippen molar-refractivity contribution in [2.45, 2.75) is 75.7 Å². The van der Waals surface area contributed by atoms with E-state index in [4.69, 9.17) is 38.4 Å². The lowest BCUT2D eigenvalue weighted by Crippen LogP contribution is -2.56. The number of carbonyl (C=O) groups excluding carboxylic acids is 3. The molecule has 3 saturated heterocycles. The van der Waals surface area contributed by atoms with Gasteiger partial charge in [-0.2, -0.15) is 0 Å². The Morgan fingerprint density at radius 3 is 2.64 bits per heavy atom. The monoisotopic (exact) mass is 644 g/mol. The van der Waals surface area contributed by atoms with Crippen molar-refractivity contribution in [2.24, 2.45) is 5.73 Å². The Kier molecular flexibility index (Phi) is 11.2. The molecular weight excluding hydrogens is 603 g/mol. The number of esters is 1. The molecule has 3 aliphatic heterocycles. The number of hydrogen-bond acceptors (Lipinski definition) is 7. The topological polar surface area (TPSA) is 105 Å². The van der Waals surface area contributed by atoms with E-state index < -0.39 is 18.1 Å². The minimum atomic E-state index is -0.832. The maximum atomic E-state index is 14.5. The van der Waals surface area contributed by atoms with Crippen LogP contribution in [0.3, 0.4) is 0 Å². The molecule has 9 nitrogen and oxygen atoms in total. The number of aryl methyl sites for hydroxylation is 1. The zero-order chi connectivity index (χ0) is 31.2. The molecule has 11 heteroatoms. The van der Waals surface area contributed by atoms with E-state index in [1.165, 1.54) is 5.56 Å². The van der Waals surface area contributed by atoms with Crippen LogP contribution in [-0.4, -0.2) is 96.1 Å². The first kappa shape index (κ1) is 32.7. The van der Waals surface area contributed by atoms with Crippen LogP contribution < -0.4 is 5.73 Å². The number of nitrogens with two attached hydrogens (primary N) is 1. The van der Waals surface area contributed by atoms with Crippen LogP contribution >= 0.6 is 23.2 Å². The van der Waals surface area contributed by atoms with Crippen LogP contribution in [0.15, 0.2) is 48.5 Å². The number of rotatable bonds is 10. The molecule has 238 valence electrons. The summed E-state index contributed by atoms with van der Waals surface area (Å²) in [5, 5.41) is 0.816. The Labute approximate surface area is 269 Å². The number of nitrogens with zero attached hydrogens (tertiary/aromatic N) is 3. The Morgan fingerprint density at radius 1 is 1.09 bits per heavy atom. The van der Waals surface area contributed by atoms with Crippen LogP contribution in [0.4, 0.5) is 0 Å². The first-order valence-corrected chi connectivity index (χ1v) is 16.4. The van der Waals surface area contributed by atoms with E-state index in [-0.39, 0.29) is 55.9 Å². The van der Waals surface area contributed by atoms with Crippen LogP contribution in [-0.2, 0) is 30.3 Å². The van der Waals surface area contributed by atoms with Crippen LogP contribution in [0.2, 0.25) is 10.0 Å². The van der Waals surface area contributed by atoms with E-state index in [9.17, 15) is 14.4 Å². The number of ether oxygens (including phenoxy) is 2. The maximum absolute atomic E-state index is 14.5. The quantitative estimate of drug-likeness (QED) is 0.386. The first-order valence-electron chi connectivity index (χ1n) is 15.6. The first-order chi connectivity index (χ1) is 21.3. The van der Waals surface area contributed by atoms with Gasteiger partial charge in [-0.05, 0) is 62.3 Å². The van der Waals surface area contributed by atoms with E-state index in [2.05, 4.69) is 17.0 Å². The van der Waals surface area contributed by atoms with E-state index in [1.807, 2.05) is 24.3 Å². The number of carbonyl (C=O) groups is 3. The molecule has 2 amide bonds. The van der Waals surface area contributed by atoms with Gasteiger partial charge in [-0.15, -0.1) is 0 Å². The van der Waals surface area contributed by atoms with Crippen LogP contribution in [0.1, 0.15) is 56.2 Å². The van der Waals surface area contributed by atoms with Gasteiger partial charge in [-0.1, -0.05) is 59.6 Å². The number of fused-ring (bicyclic) bond motifs is 1. The smallest absolute Gasteiger partial charge is 0.305 e. The summed E-state index contributed by atoms with van der Waals surface area (Å²) in [6, 6.07) is 14.0. The minimum Gasteiger partial charge on any atom is -0.466 e. The second kappa shape index (κ2) is 15.1. The highest BCUT2D eigenvalue weighted by atomic mass is 35.5. The van der Waals surface area contributed by atoms with Crippen molar-refractivity contribution < 1.29 is 23.9 Å². The SMILES string of the molecule is CCOC(=O)CC[C@H](C(=O)N1CCOC[C@H]1c1ccc(Cl)c(Cl)c1)N1CCC(CCc2ccccc2)N2C[C@H](N)C[C@H]2C1=O. The molecule has 3 fully saturated rings. The Morgan fingerprint density at radius 2 is 1.89 bits per heavy atom. The lowest BCUT2D eigenvalue weighted by Gasteiger charge is -2.41. The Hall–Kier alpha value is -2.69. The van der Waals surface area contributed by atoms with Crippen molar-refractivity contribution in [3.8, 4) is 0 Å². The molecule has 44 heavy (non-hydrogen) atoms. The molecule has 0 bridgehead atoms. The van der Waals surface area contributed by atoms with Crippen molar-refractivity contribution in [1.82, 2.24) is 14.7 Å². The average molecular weight is 646 g/mol. The van der Waals surface area contributed by atoms with Gasteiger partial charge >= 0.3 is 5.97 Å². The normalized spacial score (nSPS) is 25.0. The number of halogens is 2. The molecule has 1 unspecified atom stereocenters. The fourth-order valence-corrected chi connectivity index (χ4v) is 7.16. The predicted octanol–water partition coefficient (Wildman–Crippen LogP) is 4.24. The van der Waals surface area contributed by atoms with Crippen LogP contribution in [0, 0.1) is 0 Å². The molecular formula is C33H42Cl2N4O5. The molecule has 5 rings (SSSR count). The van der Waals surface area contributed by atoms with Gasteiger partial charge in [0, 0.05) is 38.1 Å². The van der Waals surface area contributed by atoms with Crippen LogP contribution in [0.25, 0.3) is 0 Å². The third-order valence-electron chi connectivity index (χ3n) is 9.05. The summed E-state index contributed by atoms with van der Waals surface area (Å²) in [4.78, 5) is 47.1. The van der Waals surface area contributed by atoms with Gasteiger partial charge in [0.2, 0.25) is 11.8 Å². The van der Waals surface area contributed by atoms with Gasteiger partial charge in [-0.3, -0.25) is 19.3 Å². The van der Waals surface area contributed by atoms with Crippen molar-refractivity contribution in [3.05, 3.63) is 69.7 Å². The summed E-state index contributed by atoms with van der Waals surface area (Å²) < 4.78 is 11.0. The van der Waals surface area contributed by atoms with Gasteiger partial charge in [0.1, 0.15) is 6.04 Å².